The molecule has 1 heterocycles. The molecule has 0 unspecified atom stereocenters. The van der Waals surface area contributed by atoms with Crippen molar-refractivity contribution in [2.45, 2.75) is 13.3 Å². The third kappa shape index (κ3) is 4.53. The number of fused-ring (bicyclic) bond motifs is 1. The summed E-state index contributed by atoms with van der Waals surface area (Å²) in [6.45, 7) is 3.08. The molecule has 3 aromatic rings. The summed E-state index contributed by atoms with van der Waals surface area (Å²) in [5, 5.41) is 4.08. The molecule has 0 aliphatic carbocycles. The van der Waals surface area contributed by atoms with E-state index in [0.717, 1.165) is 17.7 Å². The molecule has 0 radical (unpaired) electrons. The number of benzene rings is 2. The van der Waals surface area contributed by atoms with Crippen molar-refractivity contribution in [3.8, 4) is 11.5 Å². The van der Waals surface area contributed by atoms with Gasteiger partial charge in [-0.3, -0.25) is 4.79 Å². The standard InChI is InChI=1S/C20H22N2O3/c1-2-24-16-6-5-7-17(12-16)25-14-20(23)21-11-10-15-13-22-19-9-4-3-8-18(15)19/h3-9,12-13,22H,2,10-11,14H2,1H3,(H,21,23). The van der Waals surface area contributed by atoms with Gasteiger partial charge in [0.05, 0.1) is 6.61 Å². The first kappa shape index (κ1) is 16.9. The average Bonchev–Trinajstić information content (AvgIpc) is 3.04. The van der Waals surface area contributed by atoms with E-state index in [9.17, 15) is 4.79 Å². The van der Waals surface area contributed by atoms with Crippen molar-refractivity contribution in [1.82, 2.24) is 10.3 Å². The van der Waals surface area contributed by atoms with Crippen LogP contribution in [0, 0.1) is 0 Å². The first-order valence-corrected chi connectivity index (χ1v) is 8.43. The van der Waals surface area contributed by atoms with Gasteiger partial charge >= 0.3 is 0 Å². The van der Waals surface area contributed by atoms with Crippen LogP contribution in [0.1, 0.15) is 12.5 Å². The van der Waals surface area contributed by atoms with Crippen LogP contribution >= 0.6 is 0 Å². The molecule has 2 N–H and O–H groups in total. The zero-order chi connectivity index (χ0) is 17.5. The fourth-order valence-electron chi connectivity index (χ4n) is 2.70. The summed E-state index contributed by atoms with van der Waals surface area (Å²) in [4.78, 5) is 15.2. The van der Waals surface area contributed by atoms with Crippen molar-refractivity contribution in [2.75, 3.05) is 19.8 Å². The highest BCUT2D eigenvalue weighted by Gasteiger charge is 2.06. The largest absolute Gasteiger partial charge is 0.494 e. The Kier molecular flexibility index (Phi) is 5.57. The maximum absolute atomic E-state index is 11.9. The lowest BCUT2D eigenvalue weighted by molar-refractivity contribution is -0.123. The molecule has 0 spiro atoms. The van der Waals surface area contributed by atoms with Crippen LogP contribution < -0.4 is 14.8 Å². The Morgan fingerprint density at radius 3 is 2.72 bits per heavy atom. The summed E-state index contributed by atoms with van der Waals surface area (Å²) in [6, 6.07) is 15.4. The minimum atomic E-state index is -0.137. The molecule has 1 aromatic heterocycles. The predicted molar refractivity (Wildman–Crippen MR) is 98.1 cm³/mol. The Balaban J connectivity index is 1.44. The molecule has 25 heavy (non-hydrogen) atoms. The molecule has 0 fully saturated rings. The van der Waals surface area contributed by atoms with Gasteiger partial charge in [0.2, 0.25) is 0 Å². The SMILES string of the molecule is CCOc1cccc(OCC(=O)NCCc2c[nH]c3ccccc23)c1. The minimum absolute atomic E-state index is 0.0105. The van der Waals surface area contributed by atoms with Crippen molar-refractivity contribution in [2.24, 2.45) is 0 Å². The Hall–Kier alpha value is -2.95. The third-order valence-electron chi connectivity index (χ3n) is 3.88. The van der Waals surface area contributed by atoms with Crippen molar-refractivity contribution < 1.29 is 14.3 Å². The van der Waals surface area contributed by atoms with Crippen LogP contribution in [0.25, 0.3) is 10.9 Å². The van der Waals surface area contributed by atoms with E-state index in [-0.39, 0.29) is 12.5 Å². The van der Waals surface area contributed by atoms with E-state index in [1.165, 1.54) is 10.9 Å². The lowest BCUT2D eigenvalue weighted by atomic mass is 10.1. The molecule has 5 heteroatoms. The van der Waals surface area contributed by atoms with E-state index in [2.05, 4.69) is 16.4 Å². The highest BCUT2D eigenvalue weighted by molar-refractivity contribution is 5.83. The molecular formula is C20H22N2O3. The summed E-state index contributed by atoms with van der Waals surface area (Å²) in [7, 11) is 0. The van der Waals surface area contributed by atoms with Gasteiger partial charge in [-0.1, -0.05) is 24.3 Å². The molecule has 2 aromatic carbocycles. The van der Waals surface area contributed by atoms with Crippen molar-refractivity contribution in [3.63, 3.8) is 0 Å². The number of hydrogen-bond donors (Lipinski definition) is 2. The monoisotopic (exact) mass is 338 g/mol. The van der Waals surface area contributed by atoms with Gasteiger partial charge in [0, 0.05) is 29.7 Å². The van der Waals surface area contributed by atoms with E-state index in [4.69, 9.17) is 9.47 Å². The Morgan fingerprint density at radius 2 is 1.88 bits per heavy atom. The molecule has 0 saturated heterocycles. The molecule has 0 bridgehead atoms. The second kappa shape index (κ2) is 8.24. The maximum atomic E-state index is 11.9. The van der Waals surface area contributed by atoms with Gasteiger partial charge in [-0.05, 0) is 37.1 Å². The Morgan fingerprint density at radius 1 is 1.08 bits per heavy atom. The number of aromatic nitrogens is 1. The van der Waals surface area contributed by atoms with Gasteiger partial charge in [-0.2, -0.15) is 0 Å². The topological polar surface area (TPSA) is 63.4 Å². The third-order valence-corrected chi connectivity index (χ3v) is 3.88. The normalized spacial score (nSPS) is 10.6. The second-order valence-electron chi connectivity index (χ2n) is 5.66. The molecule has 3 rings (SSSR count). The maximum Gasteiger partial charge on any atom is 0.257 e. The van der Waals surface area contributed by atoms with Gasteiger partial charge in [-0.25, -0.2) is 0 Å². The number of carbonyl (C=O) groups excluding carboxylic acids is 1. The van der Waals surface area contributed by atoms with Gasteiger partial charge in [0.15, 0.2) is 6.61 Å². The highest BCUT2D eigenvalue weighted by Crippen LogP contribution is 2.19. The number of carbonyl (C=O) groups is 1. The smallest absolute Gasteiger partial charge is 0.257 e. The summed E-state index contributed by atoms with van der Waals surface area (Å²) in [5.41, 5.74) is 2.31. The molecule has 130 valence electrons. The van der Waals surface area contributed by atoms with Crippen LogP contribution in [-0.2, 0) is 11.2 Å². The lowest BCUT2D eigenvalue weighted by Gasteiger charge is -2.09. The van der Waals surface area contributed by atoms with E-state index < -0.39 is 0 Å². The summed E-state index contributed by atoms with van der Waals surface area (Å²) in [5.74, 6) is 1.22. The molecule has 0 aliphatic heterocycles. The van der Waals surface area contributed by atoms with Gasteiger partial charge in [0.1, 0.15) is 11.5 Å². The van der Waals surface area contributed by atoms with Crippen molar-refractivity contribution in [3.05, 3.63) is 60.3 Å². The zero-order valence-corrected chi connectivity index (χ0v) is 14.2. The van der Waals surface area contributed by atoms with Crippen molar-refractivity contribution >= 4 is 16.8 Å². The zero-order valence-electron chi connectivity index (χ0n) is 14.2. The number of amides is 1. The van der Waals surface area contributed by atoms with Crippen LogP contribution in [0.5, 0.6) is 11.5 Å². The molecule has 0 saturated carbocycles. The summed E-state index contributed by atoms with van der Waals surface area (Å²) >= 11 is 0. The number of para-hydroxylation sites is 1. The summed E-state index contributed by atoms with van der Waals surface area (Å²) in [6.07, 6.45) is 2.77. The Bertz CT molecular complexity index is 842. The molecule has 5 nitrogen and oxygen atoms in total. The number of rotatable bonds is 8. The lowest BCUT2D eigenvalue weighted by Crippen LogP contribution is -2.30. The number of H-pyrrole nitrogens is 1. The van der Waals surface area contributed by atoms with Crippen LogP contribution in [0.3, 0.4) is 0 Å². The predicted octanol–water partition coefficient (Wildman–Crippen LogP) is 3.30. The van der Waals surface area contributed by atoms with Crippen molar-refractivity contribution in [1.29, 1.82) is 0 Å². The first-order chi connectivity index (χ1) is 12.3. The number of ether oxygens (including phenoxy) is 2. The van der Waals surface area contributed by atoms with Crippen LogP contribution in [-0.4, -0.2) is 30.6 Å². The molecule has 0 atom stereocenters. The first-order valence-electron chi connectivity index (χ1n) is 8.43. The van der Waals surface area contributed by atoms with E-state index in [0.29, 0.717) is 18.9 Å². The van der Waals surface area contributed by atoms with Crippen LogP contribution in [0.4, 0.5) is 0 Å². The number of hydrogen-bond acceptors (Lipinski definition) is 3. The average molecular weight is 338 g/mol. The molecular weight excluding hydrogens is 316 g/mol. The number of aromatic amines is 1. The van der Waals surface area contributed by atoms with Gasteiger partial charge in [-0.15, -0.1) is 0 Å². The van der Waals surface area contributed by atoms with E-state index >= 15 is 0 Å². The fourth-order valence-corrected chi connectivity index (χ4v) is 2.70. The quantitative estimate of drug-likeness (QED) is 0.662. The van der Waals surface area contributed by atoms with Gasteiger partial charge in [0.25, 0.3) is 5.91 Å². The van der Waals surface area contributed by atoms with E-state index in [1.807, 2.05) is 49.5 Å². The van der Waals surface area contributed by atoms with Gasteiger partial charge < -0.3 is 19.8 Å². The Labute approximate surface area is 147 Å². The number of nitrogens with one attached hydrogen (secondary N) is 2. The summed E-state index contributed by atoms with van der Waals surface area (Å²) < 4.78 is 10.9. The van der Waals surface area contributed by atoms with Crippen LogP contribution in [0.15, 0.2) is 54.7 Å². The minimum Gasteiger partial charge on any atom is -0.494 e. The second-order valence-corrected chi connectivity index (χ2v) is 5.66. The van der Waals surface area contributed by atoms with Crippen LogP contribution in [0.2, 0.25) is 0 Å². The molecule has 0 aliphatic rings. The highest BCUT2D eigenvalue weighted by atomic mass is 16.5. The fraction of sp³-hybridized carbons (Fsp3) is 0.250. The van der Waals surface area contributed by atoms with E-state index in [1.54, 1.807) is 6.07 Å². The molecule has 1 amide bonds.